The first-order valence-electron chi connectivity index (χ1n) is 5.86. The van der Waals surface area contributed by atoms with Crippen LogP contribution in [0.4, 0.5) is 5.69 Å². The molecule has 1 aromatic heterocycles. The molecule has 0 saturated heterocycles. The second-order valence-corrected chi connectivity index (χ2v) is 5.17. The van der Waals surface area contributed by atoms with Crippen LogP contribution in [0.5, 0.6) is 0 Å². The van der Waals surface area contributed by atoms with E-state index in [0.717, 1.165) is 22.2 Å². The van der Waals surface area contributed by atoms with Crippen molar-refractivity contribution in [2.45, 2.75) is 27.7 Å². The Bertz CT molecular complexity index is 576. The topological polar surface area (TPSA) is 24.9 Å². The predicted molar refractivity (Wildman–Crippen MR) is 77.8 cm³/mol. The molecular formula is C14H17BrN2. The summed E-state index contributed by atoms with van der Waals surface area (Å²) < 4.78 is 1.10. The minimum atomic E-state index is 0.916. The van der Waals surface area contributed by atoms with E-state index in [-0.39, 0.29) is 0 Å². The van der Waals surface area contributed by atoms with Gasteiger partial charge in [-0.15, -0.1) is 0 Å². The molecule has 0 aliphatic rings. The molecule has 1 N–H and O–H groups in total. The molecule has 2 aromatic rings. The first-order valence-corrected chi connectivity index (χ1v) is 6.65. The Morgan fingerprint density at radius 2 is 1.94 bits per heavy atom. The molecule has 0 radical (unpaired) electrons. The number of nitrogens with one attached hydrogen (secondary N) is 1. The van der Waals surface area contributed by atoms with Crippen molar-refractivity contribution in [2.75, 3.05) is 11.9 Å². The Morgan fingerprint density at radius 1 is 1.24 bits per heavy atom. The SMILES string of the molecule is CCNc1c(C)c(C)nc2c(C)ccc(Br)c12. The van der Waals surface area contributed by atoms with Gasteiger partial charge in [0.15, 0.2) is 0 Å². The first-order chi connectivity index (χ1) is 8.06. The van der Waals surface area contributed by atoms with Gasteiger partial charge in [0.1, 0.15) is 0 Å². The Balaban J connectivity index is 2.92. The van der Waals surface area contributed by atoms with Gasteiger partial charge in [0, 0.05) is 27.8 Å². The number of halogens is 1. The third-order valence-electron chi connectivity index (χ3n) is 3.13. The molecule has 0 spiro atoms. The van der Waals surface area contributed by atoms with Gasteiger partial charge in [-0.2, -0.15) is 0 Å². The highest BCUT2D eigenvalue weighted by molar-refractivity contribution is 9.10. The molecule has 0 fully saturated rings. The Labute approximate surface area is 111 Å². The molecule has 17 heavy (non-hydrogen) atoms. The number of fused-ring (bicyclic) bond motifs is 1. The molecule has 0 saturated carbocycles. The lowest BCUT2D eigenvalue weighted by atomic mass is 10.0. The van der Waals surface area contributed by atoms with Crippen molar-refractivity contribution in [1.29, 1.82) is 0 Å². The Morgan fingerprint density at radius 3 is 2.59 bits per heavy atom. The van der Waals surface area contributed by atoms with E-state index in [1.807, 2.05) is 0 Å². The zero-order valence-electron chi connectivity index (χ0n) is 10.7. The molecule has 0 aliphatic heterocycles. The second-order valence-electron chi connectivity index (χ2n) is 4.32. The monoisotopic (exact) mass is 292 g/mol. The molecule has 1 heterocycles. The van der Waals surface area contributed by atoms with E-state index in [0.29, 0.717) is 0 Å². The summed E-state index contributed by atoms with van der Waals surface area (Å²) in [7, 11) is 0. The molecule has 0 bridgehead atoms. The molecule has 3 heteroatoms. The van der Waals surface area contributed by atoms with E-state index < -0.39 is 0 Å². The lowest BCUT2D eigenvalue weighted by molar-refractivity contribution is 1.15. The molecule has 0 atom stereocenters. The van der Waals surface area contributed by atoms with Crippen molar-refractivity contribution in [3.8, 4) is 0 Å². The van der Waals surface area contributed by atoms with Crippen LogP contribution in [-0.4, -0.2) is 11.5 Å². The van der Waals surface area contributed by atoms with Crippen molar-refractivity contribution >= 4 is 32.5 Å². The maximum Gasteiger partial charge on any atom is 0.0766 e. The summed E-state index contributed by atoms with van der Waals surface area (Å²) in [5, 5.41) is 4.65. The molecule has 90 valence electrons. The third kappa shape index (κ3) is 2.04. The number of aryl methyl sites for hydroxylation is 2. The molecule has 2 rings (SSSR count). The van der Waals surface area contributed by atoms with Crippen LogP contribution in [0.25, 0.3) is 10.9 Å². The number of pyridine rings is 1. The summed E-state index contributed by atoms with van der Waals surface area (Å²) in [5.41, 5.74) is 5.81. The number of nitrogens with zero attached hydrogens (tertiary/aromatic N) is 1. The number of hydrogen-bond acceptors (Lipinski definition) is 2. The van der Waals surface area contributed by atoms with Gasteiger partial charge in [-0.1, -0.05) is 22.0 Å². The van der Waals surface area contributed by atoms with E-state index in [1.165, 1.54) is 22.2 Å². The van der Waals surface area contributed by atoms with Gasteiger partial charge in [0.05, 0.1) is 5.52 Å². The van der Waals surface area contributed by atoms with Gasteiger partial charge in [-0.05, 0) is 44.9 Å². The summed E-state index contributed by atoms with van der Waals surface area (Å²) in [6.07, 6.45) is 0. The van der Waals surface area contributed by atoms with Crippen LogP contribution in [0, 0.1) is 20.8 Å². The maximum absolute atomic E-state index is 4.71. The summed E-state index contributed by atoms with van der Waals surface area (Å²) in [5.74, 6) is 0. The predicted octanol–water partition coefficient (Wildman–Crippen LogP) is 4.35. The van der Waals surface area contributed by atoms with Gasteiger partial charge in [-0.25, -0.2) is 0 Å². The third-order valence-corrected chi connectivity index (χ3v) is 3.79. The lowest BCUT2D eigenvalue weighted by Crippen LogP contribution is -2.04. The smallest absolute Gasteiger partial charge is 0.0766 e. The second kappa shape index (κ2) is 4.65. The summed E-state index contributed by atoms with van der Waals surface area (Å²) >= 11 is 3.63. The average Bonchev–Trinajstić information content (AvgIpc) is 2.30. The van der Waals surface area contributed by atoms with Gasteiger partial charge in [0.2, 0.25) is 0 Å². The van der Waals surface area contributed by atoms with Gasteiger partial charge in [0.25, 0.3) is 0 Å². The number of anilines is 1. The van der Waals surface area contributed by atoms with Gasteiger partial charge >= 0.3 is 0 Å². The van der Waals surface area contributed by atoms with Crippen LogP contribution in [0.15, 0.2) is 16.6 Å². The van der Waals surface area contributed by atoms with Gasteiger partial charge in [-0.3, -0.25) is 4.98 Å². The fourth-order valence-electron chi connectivity index (χ4n) is 2.07. The van der Waals surface area contributed by atoms with E-state index >= 15 is 0 Å². The number of rotatable bonds is 2. The number of benzene rings is 1. The van der Waals surface area contributed by atoms with E-state index in [4.69, 9.17) is 4.98 Å². The van der Waals surface area contributed by atoms with Crippen molar-refractivity contribution in [3.63, 3.8) is 0 Å². The highest BCUT2D eigenvalue weighted by atomic mass is 79.9. The zero-order chi connectivity index (χ0) is 12.6. The lowest BCUT2D eigenvalue weighted by Gasteiger charge is -2.15. The fraction of sp³-hybridized carbons (Fsp3) is 0.357. The molecule has 0 unspecified atom stereocenters. The Kier molecular flexibility index (Phi) is 3.38. The van der Waals surface area contributed by atoms with E-state index in [1.54, 1.807) is 0 Å². The maximum atomic E-state index is 4.71. The highest BCUT2D eigenvalue weighted by Gasteiger charge is 2.12. The van der Waals surface area contributed by atoms with Crippen LogP contribution >= 0.6 is 15.9 Å². The standard InChI is InChI=1S/C14H17BrN2/c1-5-16-14-9(3)10(4)17-13-8(2)6-7-11(15)12(13)14/h6-7H,5H2,1-4H3,(H,16,17). The normalized spacial score (nSPS) is 10.9. The summed E-state index contributed by atoms with van der Waals surface area (Å²) in [6.45, 7) is 9.32. The highest BCUT2D eigenvalue weighted by Crippen LogP contribution is 2.34. The van der Waals surface area contributed by atoms with E-state index in [9.17, 15) is 0 Å². The van der Waals surface area contributed by atoms with Crippen LogP contribution < -0.4 is 5.32 Å². The minimum absolute atomic E-state index is 0.916. The summed E-state index contributed by atoms with van der Waals surface area (Å²) in [6, 6.07) is 4.19. The average molecular weight is 293 g/mol. The van der Waals surface area contributed by atoms with Crippen molar-refractivity contribution in [1.82, 2.24) is 4.98 Å². The van der Waals surface area contributed by atoms with Crippen LogP contribution in [0.3, 0.4) is 0 Å². The zero-order valence-corrected chi connectivity index (χ0v) is 12.3. The molecule has 2 nitrogen and oxygen atoms in total. The first kappa shape index (κ1) is 12.4. The van der Waals surface area contributed by atoms with E-state index in [2.05, 4.69) is 61.1 Å². The molecular weight excluding hydrogens is 276 g/mol. The minimum Gasteiger partial charge on any atom is -0.384 e. The molecule has 0 aliphatic carbocycles. The number of hydrogen-bond donors (Lipinski definition) is 1. The van der Waals surface area contributed by atoms with Crippen LogP contribution in [0.2, 0.25) is 0 Å². The van der Waals surface area contributed by atoms with Gasteiger partial charge < -0.3 is 5.32 Å². The summed E-state index contributed by atoms with van der Waals surface area (Å²) in [4.78, 5) is 4.71. The largest absolute Gasteiger partial charge is 0.384 e. The molecule has 1 aromatic carbocycles. The fourth-order valence-corrected chi connectivity index (χ4v) is 2.59. The Hall–Kier alpha value is -1.09. The van der Waals surface area contributed by atoms with Crippen LogP contribution in [0.1, 0.15) is 23.7 Å². The van der Waals surface area contributed by atoms with Crippen molar-refractivity contribution in [2.24, 2.45) is 0 Å². The van der Waals surface area contributed by atoms with Crippen LogP contribution in [-0.2, 0) is 0 Å². The number of aromatic nitrogens is 1. The molecule has 0 amide bonds. The van der Waals surface area contributed by atoms with Crippen molar-refractivity contribution < 1.29 is 0 Å². The van der Waals surface area contributed by atoms with Crippen molar-refractivity contribution in [3.05, 3.63) is 33.4 Å². The quantitative estimate of drug-likeness (QED) is 0.890.